The fourth-order valence-electron chi connectivity index (χ4n) is 2.68. The molecule has 0 aromatic carbocycles. The number of likely N-dealkylation sites (tertiary alicyclic amines) is 1. The second kappa shape index (κ2) is 4.45. The molecule has 3 heterocycles. The third kappa shape index (κ3) is 1.96. The van der Waals surface area contributed by atoms with Crippen molar-refractivity contribution >= 4 is 29.3 Å². The van der Waals surface area contributed by atoms with E-state index in [0.29, 0.717) is 17.7 Å². The molecule has 1 fully saturated rings. The number of hydrogen-bond acceptors (Lipinski definition) is 3. The van der Waals surface area contributed by atoms with E-state index < -0.39 is 0 Å². The van der Waals surface area contributed by atoms with Crippen LogP contribution in [0.1, 0.15) is 24.4 Å². The number of fused-ring (bicyclic) bond motifs is 1. The molecule has 0 aliphatic carbocycles. The number of hydrogen-bond donors (Lipinski definition) is 1. The molecule has 0 saturated carbocycles. The van der Waals surface area contributed by atoms with Gasteiger partial charge < -0.3 is 9.88 Å². The molecule has 5 nitrogen and oxygen atoms in total. The molecule has 1 aliphatic rings. The van der Waals surface area contributed by atoms with E-state index in [1.54, 1.807) is 11.1 Å². The molecule has 100 valence electrons. The lowest BCUT2D eigenvalue weighted by Gasteiger charge is -2.30. The summed E-state index contributed by atoms with van der Waals surface area (Å²) in [4.78, 5) is 21.0. The summed E-state index contributed by atoms with van der Waals surface area (Å²) in [5.41, 5.74) is 3.01. The zero-order valence-electron chi connectivity index (χ0n) is 11.0. The van der Waals surface area contributed by atoms with E-state index in [-0.39, 0.29) is 11.9 Å². The van der Waals surface area contributed by atoms with Gasteiger partial charge in [-0.2, -0.15) is 0 Å². The van der Waals surface area contributed by atoms with Gasteiger partial charge in [0.05, 0.1) is 11.6 Å². The zero-order chi connectivity index (χ0) is 13.6. The molecule has 1 N–H and O–H groups in total. The summed E-state index contributed by atoms with van der Waals surface area (Å²) in [6.07, 6.45) is 3.19. The number of likely N-dealkylation sites (N-methyl/N-ethyl adjacent to an activating group) is 1. The molecule has 6 heteroatoms. The summed E-state index contributed by atoms with van der Waals surface area (Å²) >= 11 is 5.43. The van der Waals surface area contributed by atoms with Crippen molar-refractivity contribution in [1.82, 2.24) is 19.4 Å². The Labute approximate surface area is 116 Å². The third-order valence-electron chi connectivity index (χ3n) is 3.79. The van der Waals surface area contributed by atoms with Crippen LogP contribution in [0.4, 0.5) is 0 Å². The maximum Gasteiger partial charge on any atom is 0.222 e. The van der Waals surface area contributed by atoms with E-state index in [1.165, 1.54) is 0 Å². The maximum absolute atomic E-state index is 11.6. The van der Waals surface area contributed by atoms with Crippen molar-refractivity contribution in [1.29, 1.82) is 0 Å². The molecule has 1 amide bonds. The first kappa shape index (κ1) is 12.3. The van der Waals surface area contributed by atoms with Crippen LogP contribution in [0.25, 0.3) is 11.2 Å². The van der Waals surface area contributed by atoms with E-state index in [2.05, 4.69) is 14.5 Å². The molecule has 0 bridgehead atoms. The Balaban J connectivity index is 2.10. The summed E-state index contributed by atoms with van der Waals surface area (Å²) in [5, 5.41) is 0. The second-order valence-electron chi connectivity index (χ2n) is 5.09. The molecule has 2 aromatic heterocycles. The third-order valence-corrected chi connectivity index (χ3v) is 4.08. The van der Waals surface area contributed by atoms with Gasteiger partial charge in [0, 0.05) is 26.2 Å². The highest BCUT2D eigenvalue weighted by molar-refractivity contribution is 7.71. The molecular weight excluding hydrogens is 260 g/mol. The van der Waals surface area contributed by atoms with Crippen LogP contribution in [0.5, 0.6) is 0 Å². The fourth-order valence-corrected chi connectivity index (χ4v) is 3.02. The summed E-state index contributed by atoms with van der Waals surface area (Å²) < 4.78 is 2.74. The van der Waals surface area contributed by atoms with Crippen LogP contribution >= 0.6 is 12.2 Å². The lowest BCUT2D eigenvalue weighted by Crippen LogP contribution is -2.38. The average molecular weight is 276 g/mol. The van der Waals surface area contributed by atoms with Crippen molar-refractivity contribution in [3.8, 4) is 0 Å². The second-order valence-corrected chi connectivity index (χ2v) is 5.48. The van der Waals surface area contributed by atoms with Gasteiger partial charge in [-0.3, -0.25) is 9.36 Å². The van der Waals surface area contributed by atoms with Gasteiger partial charge >= 0.3 is 0 Å². The average Bonchev–Trinajstić information content (AvgIpc) is 2.71. The van der Waals surface area contributed by atoms with Gasteiger partial charge in [-0.05, 0) is 37.2 Å². The highest BCUT2D eigenvalue weighted by atomic mass is 32.1. The first-order valence-electron chi connectivity index (χ1n) is 6.37. The van der Waals surface area contributed by atoms with Crippen molar-refractivity contribution in [2.45, 2.75) is 25.8 Å². The van der Waals surface area contributed by atoms with Crippen LogP contribution in [0, 0.1) is 11.7 Å². The van der Waals surface area contributed by atoms with Crippen molar-refractivity contribution in [3.63, 3.8) is 0 Å². The predicted molar refractivity (Wildman–Crippen MR) is 75.6 cm³/mol. The fraction of sp³-hybridized carbons (Fsp3) is 0.462. The summed E-state index contributed by atoms with van der Waals surface area (Å²) in [7, 11) is 1.84. The van der Waals surface area contributed by atoms with Crippen LogP contribution < -0.4 is 0 Å². The lowest BCUT2D eigenvalue weighted by atomic mass is 10.1. The number of rotatable bonds is 1. The van der Waals surface area contributed by atoms with Crippen molar-refractivity contribution in [2.75, 3.05) is 13.6 Å². The van der Waals surface area contributed by atoms with Gasteiger partial charge in [-0.15, -0.1) is 0 Å². The summed E-state index contributed by atoms with van der Waals surface area (Å²) in [6, 6.07) is 2.17. The quantitative estimate of drug-likeness (QED) is 0.812. The Morgan fingerprint density at radius 2 is 2.32 bits per heavy atom. The Morgan fingerprint density at radius 1 is 1.53 bits per heavy atom. The van der Waals surface area contributed by atoms with E-state index in [4.69, 9.17) is 12.2 Å². The minimum atomic E-state index is 0.201. The van der Waals surface area contributed by atoms with E-state index >= 15 is 0 Å². The Hall–Kier alpha value is -1.69. The molecule has 1 atom stereocenters. The number of nitrogens with zero attached hydrogens (tertiary/aromatic N) is 3. The number of aromatic amines is 1. The molecule has 0 radical (unpaired) electrons. The minimum absolute atomic E-state index is 0.201. The highest BCUT2D eigenvalue weighted by Gasteiger charge is 2.26. The van der Waals surface area contributed by atoms with Crippen LogP contribution in [-0.4, -0.2) is 38.9 Å². The van der Waals surface area contributed by atoms with E-state index in [9.17, 15) is 4.79 Å². The Kier molecular flexibility index (Phi) is 2.89. The van der Waals surface area contributed by atoms with Gasteiger partial charge in [0.1, 0.15) is 0 Å². The number of carbonyl (C=O) groups excluding carboxylic acids is 1. The molecule has 19 heavy (non-hydrogen) atoms. The van der Waals surface area contributed by atoms with Crippen molar-refractivity contribution in [2.24, 2.45) is 0 Å². The highest BCUT2D eigenvalue weighted by Crippen LogP contribution is 2.26. The number of nitrogens with one attached hydrogen (secondary N) is 1. The smallest absolute Gasteiger partial charge is 0.222 e. The van der Waals surface area contributed by atoms with Crippen LogP contribution in [-0.2, 0) is 4.79 Å². The Morgan fingerprint density at radius 3 is 3.05 bits per heavy atom. The first-order valence-corrected chi connectivity index (χ1v) is 6.78. The number of imidazole rings is 1. The van der Waals surface area contributed by atoms with Gasteiger partial charge in [0.25, 0.3) is 0 Å². The largest absolute Gasteiger partial charge is 0.344 e. The molecule has 1 aliphatic heterocycles. The summed E-state index contributed by atoms with van der Waals surface area (Å²) in [5.74, 6) is 0.201. The van der Waals surface area contributed by atoms with Gasteiger partial charge in [0.15, 0.2) is 10.4 Å². The minimum Gasteiger partial charge on any atom is -0.344 e. The summed E-state index contributed by atoms with van der Waals surface area (Å²) in [6.45, 7) is 2.73. The number of pyridine rings is 1. The molecule has 0 spiro atoms. The van der Waals surface area contributed by atoms with Crippen LogP contribution in [0.3, 0.4) is 0 Å². The molecular formula is C13H16N4OS. The molecule has 2 aromatic rings. The Bertz CT molecular complexity index is 702. The topological polar surface area (TPSA) is 53.9 Å². The van der Waals surface area contributed by atoms with E-state index in [0.717, 1.165) is 23.1 Å². The normalized spacial score (nSPS) is 20.2. The SMILES string of the molecule is Cc1ccnc2c1[nH]c(=S)n2C1CCC(=O)N(C)C1. The molecule has 1 unspecified atom stereocenters. The zero-order valence-corrected chi connectivity index (χ0v) is 11.8. The number of carbonyl (C=O) groups is 1. The first-order chi connectivity index (χ1) is 9.08. The van der Waals surface area contributed by atoms with Crippen LogP contribution in [0.2, 0.25) is 0 Å². The van der Waals surface area contributed by atoms with Gasteiger partial charge in [-0.25, -0.2) is 4.98 Å². The number of amides is 1. The van der Waals surface area contributed by atoms with Crippen molar-refractivity contribution < 1.29 is 4.79 Å². The van der Waals surface area contributed by atoms with E-state index in [1.807, 2.05) is 20.0 Å². The number of piperidine rings is 1. The monoisotopic (exact) mass is 276 g/mol. The van der Waals surface area contributed by atoms with Gasteiger partial charge in [-0.1, -0.05) is 0 Å². The number of aromatic nitrogens is 3. The predicted octanol–water partition coefficient (Wildman–Crippen LogP) is 2.20. The van der Waals surface area contributed by atoms with Crippen LogP contribution in [0.15, 0.2) is 12.3 Å². The lowest BCUT2D eigenvalue weighted by molar-refractivity contribution is -0.132. The van der Waals surface area contributed by atoms with Crippen molar-refractivity contribution in [3.05, 3.63) is 22.6 Å². The number of H-pyrrole nitrogens is 1. The molecule has 1 saturated heterocycles. The maximum atomic E-state index is 11.6. The molecule has 3 rings (SSSR count). The van der Waals surface area contributed by atoms with Gasteiger partial charge in [0.2, 0.25) is 5.91 Å². The standard InChI is InChI=1S/C13H16N4OS/c1-8-5-6-14-12-11(8)15-13(19)17(12)9-3-4-10(18)16(2)7-9/h5-6,9H,3-4,7H2,1-2H3,(H,15,19). The number of aryl methyl sites for hydroxylation is 1.